The first-order chi connectivity index (χ1) is 12.0. The molecule has 0 spiro atoms. The van der Waals surface area contributed by atoms with Crippen LogP contribution in [0.3, 0.4) is 0 Å². The van der Waals surface area contributed by atoms with Gasteiger partial charge in [0.2, 0.25) is 0 Å². The van der Waals surface area contributed by atoms with Crippen LogP contribution in [0.4, 0.5) is 0 Å². The van der Waals surface area contributed by atoms with Gasteiger partial charge in [0.05, 0.1) is 18.5 Å². The zero-order valence-corrected chi connectivity index (χ0v) is 14.8. The summed E-state index contributed by atoms with van der Waals surface area (Å²) in [6, 6.07) is 12.2. The smallest absolute Gasteiger partial charge is 0.315 e. The number of allylic oxidation sites excluding steroid dienone is 1. The SMILES string of the molecule is C=CCC(C(=O)OC)c1c(-c2ccc(C)cc2)nc2ccc(C)cn12. The number of ether oxygens (including phenoxy) is 1. The fourth-order valence-corrected chi connectivity index (χ4v) is 3.05. The van der Waals surface area contributed by atoms with Gasteiger partial charge < -0.3 is 9.14 Å². The van der Waals surface area contributed by atoms with Crippen LogP contribution < -0.4 is 0 Å². The van der Waals surface area contributed by atoms with Crippen molar-refractivity contribution in [1.29, 1.82) is 0 Å². The van der Waals surface area contributed by atoms with Crippen molar-refractivity contribution in [2.45, 2.75) is 26.2 Å². The minimum absolute atomic E-state index is 0.281. The molecule has 0 aliphatic rings. The van der Waals surface area contributed by atoms with E-state index in [-0.39, 0.29) is 5.97 Å². The van der Waals surface area contributed by atoms with Gasteiger partial charge in [0.25, 0.3) is 0 Å². The molecule has 4 heteroatoms. The Labute approximate surface area is 147 Å². The summed E-state index contributed by atoms with van der Waals surface area (Å²) in [7, 11) is 1.42. The Morgan fingerprint density at radius 1 is 1.20 bits per heavy atom. The van der Waals surface area contributed by atoms with Crippen LogP contribution in [0, 0.1) is 13.8 Å². The second-order valence-electron chi connectivity index (χ2n) is 6.25. The number of carbonyl (C=O) groups is 1. The second-order valence-corrected chi connectivity index (χ2v) is 6.25. The van der Waals surface area contributed by atoms with Crippen LogP contribution in [-0.4, -0.2) is 22.5 Å². The van der Waals surface area contributed by atoms with E-state index in [1.54, 1.807) is 6.08 Å². The fourth-order valence-electron chi connectivity index (χ4n) is 3.05. The predicted molar refractivity (Wildman–Crippen MR) is 99.7 cm³/mol. The molecule has 0 N–H and O–H groups in total. The van der Waals surface area contributed by atoms with Crippen molar-refractivity contribution in [3.63, 3.8) is 0 Å². The topological polar surface area (TPSA) is 43.6 Å². The minimum Gasteiger partial charge on any atom is -0.468 e. The van der Waals surface area contributed by atoms with E-state index < -0.39 is 5.92 Å². The number of aromatic nitrogens is 2. The summed E-state index contributed by atoms with van der Waals surface area (Å²) in [4.78, 5) is 17.2. The maximum absolute atomic E-state index is 12.5. The summed E-state index contributed by atoms with van der Waals surface area (Å²) in [6.07, 6.45) is 4.25. The molecule has 0 aliphatic carbocycles. The van der Waals surface area contributed by atoms with Gasteiger partial charge in [0.1, 0.15) is 11.6 Å². The third kappa shape index (κ3) is 3.20. The van der Waals surface area contributed by atoms with Crippen molar-refractivity contribution < 1.29 is 9.53 Å². The van der Waals surface area contributed by atoms with E-state index in [4.69, 9.17) is 9.72 Å². The number of hydrogen-bond acceptors (Lipinski definition) is 3. The Hall–Kier alpha value is -2.88. The largest absolute Gasteiger partial charge is 0.468 e. The predicted octanol–water partition coefficient (Wildman–Crippen LogP) is 4.45. The maximum Gasteiger partial charge on any atom is 0.315 e. The van der Waals surface area contributed by atoms with E-state index in [0.29, 0.717) is 6.42 Å². The molecule has 3 aromatic rings. The molecule has 2 aromatic heterocycles. The Bertz CT molecular complexity index is 923. The summed E-state index contributed by atoms with van der Waals surface area (Å²) in [5.41, 5.74) is 5.73. The lowest BCUT2D eigenvalue weighted by atomic mass is 9.96. The standard InChI is InChI=1S/C21H22N2O2/c1-5-6-17(21(24)25-4)20-19(16-10-7-14(2)8-11-16)22-18-12-9-15(3)13-23(18)20/h5,7-13,17H,1,6H2,2-4H3. The number of carbonyl (C=O) groups excluding carboxylic acids is 1. The first kappa shape index (κ1) is 17.0. The molecule has 1 atom stereocenters. The van der Waals surface area contributed by atoms with E-state index in [1.807, 2.05) is 48.7 Å². The number of imidazole rings is 1. The molecule has 0 radical (unpaired) electrons. The van der Waals surface area contributed by atoms with E-state index in [9.17, 15) is 4.79 Å². The van der Waals surface area contributed by atoms with Crippen LogP contribution in [-0.2, 0) is 9.53 Å². The van der Waals surface area contributed by atoms with Gasteiger partial charge in [-0.05, 0) is 31.9 Å². The molecule has 3 rings (SSSR count). The molecule has 4 nitrogen and oxygen atoms in total. The number of fused-ring (bicyclic) bond motifs is 1. The number of benzene rings is 1. The summed E-state index contributed by atoms with van der Waals surface area (Å²) in [6.45, 7) is 7.87. The van der Waals surface area contributed by atoms with Gasteiger partial charge in [-0.3, -0.25) is 4.79 Å². The molecule has 0 saturated carbocycles. The zero-order chi connectivity index (χ0) is 18.0. The Kier molecular flexibility index (Phi) is 4.70. The number of esters is 1. The van der Waals surface area contributed by atoms with Crippen LogP contribution in [0.15, 0.2) is 55.3 Å². The van der Waals surface area contributed by atoms with Gasteiger partial charge in [0.15, 0.2) is 0 Å². The van der Waals surface area contributed by atoms with Crippen LogP contribution in [0.25, 0.3) is 16.9 Å². The molecule has 128 valence electrons. The van der Waals surface area contributed by atoms with Crippen molar-refractivity contribution in [1.82, 2.24) is 9.38 Å². The van der Waals surface area contributed by atoms with E-state index in [2.05, 4.69) is 18.7 Å². The van der Waals surface area contributed by atoms with Crippen molar-refractivity contribution in [3.8, 4) is 11.3 Å². The van der Waals surface area contributed by atoms with Gasteiger partial charge in [-0.15, -0.1) is 6.58 Å². The molecule has 0 aliphatic heterocycles. The number of pyridine rings is 1. The summed E-state index contributed by atoms with van der Waals surface area (Å²) in [5, 5.41) is 0. The normalized spacial score (nSPS) is 12.1. The average Bonchev–Trinajstić information content (AvgIpc) is 2.98. The van der Waals surface area contributed by atoms with Gasteiger partial charge in [-0.2, -0.15) is 0 Å². The van der Waals surface area contributed by atoms with Crippen LogP contribution >= 0.6 is 0 Å². The highest BCUT2D eigenvalue weighted by atomic mass is 16.5. The Morgan fingerprint density at radius 2 is 1.88 bits per heavy atom. The number of rotatable bonds is 5. The number of nitrogens with zero attached hydrogens (tertiary/aromatic N) is 2. The molecule has 2 heterocycles. The van der Waals surface area contributed by atoms with Crippen LogP contribution in [0.1, 0.15) is 29.2 Å². The molecular weight excluding hydrogens is 312 g/mol. The van der Waals surface area contributed by atoms with Gasteiger partial charge >= 0.3 is 5.97 Å². The van der Waals surface area contributed by atoms with Gasteiger partial charge in [-0.25, -0.2) is 4.98 Å². The monoisotopic (exact) mass is 334 g/mol. The highest BCUT2D eigenvalue weighted by Crippen LogP contribution is 2.33. The van der Waals surface area contributed by atoms with Crippen molar-refractivity contribution in [3.05, 3.63) is 72.1 Å². The van der Waals surface area contributed by atoms with E-state index >= 15 is 0 Å². The summed E-state index contributed by atoms with van der Waals surface area (Å²) < 4.78 is 7.05. The first-order valence-electron chi connectivity index (χ1n) is 8.29. The first-order valence-corrected chi connectivity index (χ1v) is 8.29. The molecule has 25 heavy (non-hydrogen) atoms. The van der Waals surface area contributed by atoms with Crippen LogP contribution in [0.5, 0.6) is 0 Å². The lowest BCUT2D eigenvalue weighted by Crippen LogP contribution is -2.16. The quantitative estimate of drug-likeness (QED) is 0.511. The molecule has 1 unspecified atom stereocenters. The molecule has 1 aromatic carbocycles. The fraction of sp³-hybridized carbons (Fsp3) is 0.238. The van der Waals surface area contributed by atoms with Gasteiger partial charge in [0, 0.05) is 11.8 Å². The van der Waals surface area contributed by atoms with Crippen molar-refractivity contribution in [2.75, 3.05) is 7.11 Å². The van der Waals surface area contributed by atoms with E-state index in [1.165, 1.54) is 12.7 Å². The lowest BCUT2D eigenvalue weighted by molar-refractivity contribution is -0.142. The number of hydrogen-bond donors (Lipinski definition) is 0. The van der Waals surface area contributed by atoms with Crippen LogP contribution in [0.2, 0.25) is 0 Å². The Morgan fingerprint density at radius 3 is 2.52 bits per heavy atom. The Balaban J connectivity index is 2.30. The molecule has 0 amide bonds. The third-order valence-electron chi connectivity index (χ3n) is 4.35. The highest BCUT2D eigenvalue weighted by molar-refractivity contribution is 5.82. The minimum atomic E-state index is -0.449. The zero-order valence-electron chi connectivity index (χ0n) is 14.8. The molecule has 0 bridgehead atoms. The van der Waals surface area contributed by atoms with E-state index in [0.717, 1.165) is 28.2 Å². The van der Waals surface area contributed by atoms with Crippen molar-refractivity contribution in [2.24, 2.45) is 0 Å². The van der Waals surface area contributed by atoms with Gasteiger partial charge in [-0.1, -0.05) is 42.0 Å². The molecule has 0 saturated heterocycles. The maximum atomic E-state index is 12.5. The highest BCUT2D eigenvalue weighted by Gasteiger charge is 2.28. The molecule has 0 fully saturated rings. The second kappa shape index (κ2) is 6.93. The number of methoxy groups -OCH3 is 1. The average molecular weight is 334 g/mol. The van der Waals surface area contributed by atoms with Crippen molar-refractivity contribution >= 4 is 11.6 Å². The summed E-state index contributed by atoms with van der Waals surface area (Å²) >= 11 is 0. The lowest BCUT2D eigenvalue weighted by Gasteiger charge is -2.15. The number of aryl methyl sites for hydroxylation is 2. The third-order valence-corrected chi connectivity index (χ3v) is 4.35. The molecular formula is C21H22N2O2. The summed E-state index contributed by atoms with van der Waals surface area (Å²) in [5.74, 6) is -0.729.